The van der Waals surface area contributed by atoms with E-state index < -0.39 is 17.7 Å². The normalized spacial score (nSPS) is 12.3. The molecule has 2 N–H and O–H groups in total. The molecule has 112 valence electrons. The van der Waals surface area contributed by atoms with Crippen molar-refractivity contribution < 1.29 is 13.9 Å². The van der Waals surface area contributed by atoms with Gasteiger partial charge in [-0.3, -0.25) is 0 Å². The summed E-state index contributed by atoms with van der Waals surface area (Å²) in [4.78, 5) is 1.18. The fraction of sp³-hybridized carbons (Fsp3) is 0.250. The lowest BCUT2D eigenvalue weighted by Gasteiger charge is -2.13. The third-order valence-corrected chi connectivity index (χ3v) is 3.96. The van der Waals surface area contributed by atoms with Gasteiger partial charge >= 0.3 is 0 Å². The summed E-state index contributed by atoms with van der Waals surface area (Å²) in [5.74, 6) is -0.513. The van der Waals surface area contributed by atoms with Gasteiger partial charge < -0.3 is 10.4 Å². The summed E-state index contributed by atoms with van der Waals surface area (Å²) < 4.78 is 26.3. The molecule has 5 heteroatoms. The van der Waals surface area contributed by atoms with Crippen LogP contribution in [0.1, 0.15) is 11.7 Å². The largest absolute Gasteiger partial charge is 0.387 e. The molecule has 0 aliphatic rings. The van der Waals surface area contributed by atoms with Crippen LogP contribution in [0.4, 0.5) is 8.78 Å². The first-order chi connectivity index (χ1) is 10.2. The molecule has 0 aliphatic heterocycles. The molecule has 0 bridgehead atoms. The second-order valence-corrected chi connectivity index (χ2v) is 5.72. The number of halogens is 2. The lowest BCUT2D eigenvalue weighted by molar-refractivity contribution is 0.171. The Morgan fingerprint density at radius 3 is 2.57 bits per heavy atom. The number of hydrogen-bond acceptors (Lipinski definition) is 3. The topological polar surface area (TPSA) is 32.3 Å². The number of thioether (sulfide) groups is 1. The maximum atomic E-state index is 13.5. The summed E-state index contributed by atoms with van der Waals surface area (Å²) >= 11 is 1.71. The Morgan fingerprint density at radius 2 is 1.86 bits per heavy atom. The highest BCUT2D eigenvalue weighted by molar-refractivity contribution is 7.99. The highest BCUT2D eigenvalue weighted by Crippen LogP contribution is 2.18. The molecule has 0 aliphatic carbocycles. The van der Waals surface area contributed by atoms with Crippen molar-refractivity contribution in [3.63, 3.8) is 0 Å². The van der Waals surface area contributed by atoms with Gasteiger partial charge in [0.05, 0.1) is 6.10 Å². The SMILES string of the molecule is OC(CNCCSc1ccccc1)c1ccc(F)cc1F. The molecule has 2 rings (SSSR count). The van der Waals surface area contributed by atoms with Gasteiger partial charge in [-0.1, -0.05) is 24.3 Å². The van der Waals surface area contributed by atoms with E-state index in [1.165, 1.54) is 11.0 Å². The summed E-state index contributed by atoms with van der Waals surface area (Å²) in [6, 6.07) is 13.2. The van der Waals surface area contributed by atoms with Gasteiger partial charge in [-0.2, -0.15) is 0 Å². The van der Waals surface area contributed by atoms with E-state index in [9.17, 15) is 13.9 Å². The van der Waals surface area contributed by atoms with Crippen LogP contribution in [0.5, 0.6) is 0 Å². The van der Waals surface area contributed by atoms with Gasteiger partial charge in [0.2, 0.25) is 0 Å². The Balaban J connectivity index is 1.71. The predicted octanol–water partition coefficient (Wildman–Crippen LogP) is 3.38. The number of rotatable bonds is 7. The third-order valence-electron chi connectivity index (χ3n) is 2.95. The third kappa shape index (κ3) is 5.12. The zero-order valence-corrected chi connectivity index (χ0v) is 12.2. The number of aliphatic hydroxyl groups excluding tert-OH is 1. The number of aliphatic hydroxyl groups is 1. The highest BCUT2D eigenvalue weighted by atomic mass is 32.2. The molecule has 0 heterocycles. The van der Waals surface area contributed by atoms with Crippen molar-refractivity contribution in [2.24, 2.45) is 0 Å². The van der Waals surface area contributed by atoms with E-state index in [4.69, 9.17) is 0 Å². The van der Waals surface area contributed by atoms with Gasteiger partial charge in [0, 0.05) is 35.4 Å². The Morgan fingerprint density at radius 1 is 1.10 bits per heavy atom. The van der Waals surface area contributed by atoms with Crippen molar-refractivity contribution in [1.29, 1.82) is 0 Å². The molecule has 0 spiro atoms. The fourth-order valence-electron chi connectivity index (χ4n) is 1.88. The molecule has 0 radical (unpaired) electrons. The molecule has 0 saturated heterocycles. The first-order valence-corrected chi connectivity index (χ1v) is 7.67. The van der Waals surface area contributed by atoms with E-state index in [0.717, 1.165) is 17.9 Å². The van der Waals surface area contributed by atoms with Gasteiger partial charge in [0.25, 0.3) is 0 Å². The van der Waals surface area contributed by atoms with Crippen LogP contribution < -0.4 is 5.32 Å². The van der Waals surface area contributed by atoms with Crippen LogP contribution in [0.2, 0.25) is 0 Å². The summed E-state index contributed by atoms with van der Waals surface area (Å²) in [5, 5.41) is 12.9. The molecular weight excluding hydrogens is 292 g/mol. The minimum absolute atomic E-state index is 0.111. The average Bonchev–Trinajstić information content (AvgIpc) is 2.47. The van der Waals surface area contributed by atoms with Gasteiger partial charge in [-0.25, -0.2) is 8.78 Å². The maximum absolute atomic E-state index is 13.5. The van der Waals surface area contributed by atoms with E-state index in [1.807, 2.05) is 30.3 Å². The minimum atomic E-state index is -0.979. The number of hydrogen-bond donors (Lipinski definition) is 2. The van der Waals surface area contributed by atoms with Crippen LogP contribution in [0.25, 0.3) is 0 Å². The van der Waals surface area contributed by atoms with Crippen LogP contribution in [0.15, 0.2) is 53.4 Å². The van der Waals surface area contributed by atoms with Crippen LogP contribution in [0.3, 0.4) is 0 Å². The van der Waals surface area contributed by atoms with Crippen molar-refractivity contribution in [1.82, 2.24) is 5.32 Å². The van der Waals surface area contributed by atoms with Gasteiger partial charge in [0.1, 0.15) is 11.6 Å². The number of benzene rings is 2. The van der Waals surface area contributed by atoms with Crippen LogP contribution in [0, 0.1) is 11.6 Å². The molecule has 0 aromatic heterocycles. The average molecular weight is 309 g/mol. The summed E-state index contributed by atoms with van der Waals surface area (Å²) in [5.41, 5.74) is 0.111. The zero-order chi connectivity index (χ0) is 15.1. The van der Waals surface area contributed by atoms with E-state index in [2.05, 4.69) is 5.32 Å². The van der Waals surface area contributed by atoms with Crippen molar-refractivity contribution in [2.45, 2.75) is 11.0 Å². The molecule has 21 heavy (non-hydrogen) atoms. The summed E-state index contributed by atoms with van der Waals surface area (Å²) in [7, 11) is 0. The lowest BCUT2D eigenvalue weighted by Crippen LogP contribution is -2.24. The molecular formula is C16H17F2NOS. The Bertz CT molecular complexity index is 565. The van der Waals surface area contributed by atoms with Crippen molar-refractivity contribution >= 4 is 11.8 Å². The number of nitrogens with one attached hydrogen (secondary N) is 1. The molecule has 0 saturated carbocycles. The maximum Gasteiger partial charge on any atom is 0.131 e. The molecule has 2 aromatic rings. The van der Waals surface area contributed by atoms with Gasteiger partial charge in [-0.15, -0.1) is 11.8 Å². The fourth-order valence-corrected chi connectivity index (χ4v) is 2.71. The summed E-state index contributed by atoms with van der Waals surface area (Å²) in [6.45, 7) is 0.928. The second-order valence-electron chi connectivity index (χ2n) is 4.55. The van der Waals surface area contributed by atoms with Gasteiger partial charge in [-0.05, 0) is 18.2 Å². The Labute approximate surface area is 127 Å². The molecule has 0 fully saturated rings. The zero-order valence-electron chi connectivity index (χ0n) is 11.4. The monoisotopic (exact) mass is 309 g/mol. The van der Waals surface area contributed by atoms with E-state index in [-0.39, 0.29) is 12.1 Å². The standard InChI is InChI=1S/C16H17F2NOS/c17-12-6-7-14(15(18)10-12)16(20)11-19-8-9-21-13-4-2-1-3-5-13/h1-7,10,16,19-20H,8-9,11H2. The van der Waals surface area contributed by atoms with Crippen LogP contribution >= 0.6 is 11.8 Å². The smallest absolute Gasteiger partial charge is 0.131 e. The highest BCUT2D eigenvalue weighted by Gasteiger charge is 2.12. The quantitative estimate of drug-likeness (QED) is 0.607. The van der Waals surface area contributed by atoms with E-state index >= 15 is 0 Å². The lowest BCUT2D eigenvalue weighted by atomic mass is 10.1. The summed E-state index contributed by atoms with van der Waals surface area (Å²) in [6.07, 6.45) is -0.979. The molecule has 2 aromatic carbocycles. The molecule has 1 unspecified atom stereocenters. The Kier molecular flexibility index (Phi) is 6.17. The molecule has 2 nitrogen and oxygen atoms in total. The minimum Gasteiger partial charge on any atom is -0.387 e. The van der Waals surface area contributed by atoms with Crippen molar-refractivity contribution in [3.8, 4) is 0 Å². The molecule has 0 amide bonds. The first kappa shape index (κ1) is 15.9. The van der Waals surface area contributed by atoms with Crippen molar-refractivity contribution in [3.05, 3.63) is 65.7 Å². The molecule has 1 atom stereocenters. The van der Waals surface area contributed by atoms with Crippen LogP contribution in [-0.2, 0) is 0 Å². The van der Waals surface area contributed by atoms with E-state index in [1.54, 1.807) is 11.8 Å². The van der Waals surface area contributed by atoms with Gasteiger partial charge in [0.15, 0.2) is 0 Å². The Hall–Kier alpha value is -1.43. The second kappa shape index (κ2) is 8.12. The van der Waals surface area contributed by atoms with E-state index in [0.29, 0.717) is 6.54 Å². The first-order valence-electron chi connectivity index (χ1n) is 6.68. The van der Waals surface area contributed by atoms with Crippen molar-refractivity contribution in [2.75, 3.05) is 18.8 Å². The van der Waals surface area contributed by atoms with Crippen LogP contribution in [-0.4, -0.2) is 23.9 Å². The predicted molar refractivity (Wildman–Crippen MR) is 81.4 cm³/mol.